The second kappa shape index (κ2) is 7.71. The largest absolute Gasteiger partial charge is 0.368 e. The van der Waals surface area contributed by atoms with E-state index in [1.54, 1.807) is 0 Å². The van der Waals surface area contributed by atoms with Crippen molar-refractivity contribution in [1.82, 2.24) is 10.2 Å². The van der Waals surface area contributed by atoms with E-state index in [1.165, 1.54) is 30.5 Å². The Morgan fingerprint density at radius 3 is 2.30 bits per heavy atom. The molecule has 1 saturated heterocycles. The molecule has 4 heteroatoms. The number of benzene rings is 1. The third kappa shape index (κ3) is 4.18. The smallest absolute Gasteiger partial charge is 0.317 e. The van der Waals surface area contributed by atoms with Crippen molar-refractivity contribution in [1.29, 1.82) is 0 Å². The van der Waals surface area contributed by atoms with Gasteiger partial charge in [-0.3, -0.25) is 0 Å². The van der Waals surface area contributed by atoms with E-state index in [9.17, 15) is 4.79 Å². The number of aryl methyl sites for hydroxylation is 1. The molecule has 3 rings (SSSR count). The molecule has 2 amide bonds. The number of anilines is 1. The standard InChI is InChI=1S/C19H29N3O/c1-2-16-8-10-18(11-9-16)21-12-14-22(15-13-21)19(23)20-17-6-4-3-5-7-17/h8-11,17H,2-7,12-15H2,1H3,(H,20,23). The first-order valence-corrected chi connectivity index (χ1v) is 9.15. The average molecular weight is 315 g/mol. The minimum absolute atomic E-state index is 0.137. The van der Waals surface area contributed by atoms with E-state index in [2.05, 4.69) is 41.4 Å². The van der Waals surface area contributed by atoms with Crippen molar-refractivity contribution in [3.63, 3.8) is 0 Å². The Kier molecular flexibility index (Phi) is 5.42. The van der Waals surface area contributed by atoms with Crippen LogP contribution in [0.1, 0.15) is 44.6 Å². The first kappa shape index (κ1) is 16.2. The Labute approximate surface area is 139 Å². The lowest BCUT2D eigenvalue weighted by Crippen LogP contribution is -2.53. The first-order valence-electron chi connectivity index (χ1n) is 9.15. The first-order chi connectivity index (χ1) is 11.3. The summed E-state index contributed by atoms with van der Waals surface area (Å²) in [5.41, 5.74) is 2.65. The van der Waals surface area contributed by atoms with E-state index in [-0.39, 0.29) is 6.03 Å². The minimum Gasteiger partial charge on any atom is -0.368 e. The molecular formula is C19H29N3O. The SMILES string of the molecule is CCc1ccc(N2CCN(C(=O)NC3CCCCC3)CC2)cc1. The molecule has 1 aliphatic carbocycles. The van der Waals surface area contributed by atoms with Crippen LogP contribution in [0.2, 0.25) is 0 Å². The molecule has 0 radical (unpaired) electrons. The van der Waals surface area contributed by atoms with Crippen LogP contribution in [0.3, 0.4) is 0 Å². The van der Waals surface area contributed by atoms with Crippen LogP contribution in [0.5, 0.6) is 0 Å². The van der Waals surface area contributed by atoms with Crippen LogP contribution < -0.4 is 10.2 Å². The van der Waals surface area contributed by atoms with E-state index < -0.39 is 0 Å². The van der Waals surface area contributed by atoms with E-state index in [0.29, 0.717) is 6.04 Å². The molecule has 2 fully saturated rings. The summed E-state index contributed by atoms with van der Waals surface area (Å²) in [7, 11) is 0. The van der Waals surface area contributed by atoms with Crippen molar-refractivity contribution in [2.75, 3.05) is 31.1 Å². The molecule has 126 valence electrons. The van der Waals surface area contributed by atoms with Crippen LogP contribution in [-0.2, 0) is 6.42 Å². The predicted molar refractivity (Wildman–Crippen MR) is 95.0 cm³/mol. The maximum atomic E-state index is 12.4. The summed E-state index contributed by atoms with van der Waals surface area (Å²) in [6.45, 7) is 5.65. The van der Waals surface area contributed by atoms with Gasteiger partial charge in [0.1, 0.15) is 0 Å². The molecule has 0 spiro atoms. The number of carbonyl (C=O) groups is 1. The lowest BCUT2D eigenvalue weighted by Gasteiger charge is -2.37. The van der Waals surface area contributed by atoms with Gasteiger partial charge in [-0.15, -0.1) is 0 Å². The van der Waals surface area contributed by atoms with Crippen LogP contribution in [0, 0.1) is 0 Å². The molecule has 4 nitrogen and oxygen atoms in total. The lowest BCUT2D eigenvalue weighted by molar-refractivity contribution is 0.186. The van der Waals surface area contributed by atoms with Crippen molar-refractivity contribution in [2.24, 2.45) is 0 Å². The van der Waals surface area contributed by atoms with Gasteiger partial charge < -0.3 is 15.1 Å². The van der Waals surface area contributed by atoms with Crippen molar-refractivity contribution < 1.29 is 4.79 Å². The highest BCUT2D eigenvalue weighted by Gasteiger charge is 2.23. The minimum atomic E-state index is 0.137. The van der Waals surface area contributed by atoms with Gasteiger partial charge in [-0.25, -0.2) is 4.79 Å². The highest BCUT2D eigenvalue weighted by atomic mass is 16.2. The van der Waals surface area contributed by atoms with Crippen molar-refractivity contribution in [3.8, 4) is 0 Å². The van der Waals surface area contributed by atoms with Gasteiger partial charge in [0.15, 0.2) is 0 Å². The Bertz CT molecular complexity index is 500. The third-order valence-corrected chi connectivity index (χ3v) is 5.21. The molecule has 0 bridgehead atoms. The molecule has 1 aromatic rings. The van der Waals surface area contributed by atoms with Gasteiger partial charge in [0, 0.05) is 37.9 Å². The molecule has 1 heterocycles. The molecule has 1 saturated carbocycles. The summed E-state index contributed by atoms with van der Waals surface area (Å²) in [4.78, 5) is 16.7. The highest BCUT2D eigenvalue weighted by molar-refractivity contribution is 5.75. The number of hydrogen-bond acceptors (Lipinski definition) is 2. The summed E-state index contributed by atoms with van der Waals surface area (Å²) in [5.74, 6) is 0. The fourth-order valence-electron chi connectivity index (χ4n) is 3.62. The van der Waals surface area contributed by atoms with Gasteiger partial charge in [-0.2, -0.15) is 0 Å². The molecule has 23 heavy (non-hydrogen) atoms. The van der Waals surface area contributed by atoms with E-state index in [4.69, 9.17) is 0 Å². The Morgan fingerprint density at radius 1 is 1.04 bits per heavy atom. The van der Waals surface area contributed by atoms with Crippen LogP contribution in [0.4, 0.5) is 10.5 Å². The number of carbonyl (C=O) groups excluding carboxylic acids is 1. The van der Waals surface area contributed by atoms with Crippen LogP contribution in [0.25, 0.3) is 0 Å². The monoisotopic (exact) mass is 315 g/mol. The van der Waals surface area contributed by atoms with Gasteiger partial charge in [0.25, 0.3) is 0 Å². The van der Waals surface area contributed by atoms with Gasteiger partial charge in [-0.05, 0) is 37.0 Å². The summed E-state index contributed by atoms with van der Waals surface area (Å²) in [6, 6.07) is 9.36. The maximum absolute atomic E-state index is 12.4. The Hall–Kier alpha value is -1.71. The normalized spacial score (nSPS) is 19.7. The summed E-state index contributed by atoms with van der Waals surface area (Å²) in [6.07, 6.45) is 7.21. The number of rotatable bonds is 3. The maximum Gasteiger partial charge on any atom is 0.317 e. The van der Waals surface area contributed by atoms with Crippen molar-refractivity contribution in [3.05, 3.63) is 29.8 Å². The number of urea groups is 1. The quantitative estimate of drug-likeness (QED) is 0.928. The van der Waals surface area contributed by atoms with Crippen molar-refractivity contribution >= 4 is 11.7 Å². The number of nitrogens with zero attached hydrogens (tertiary/aromatic N) is 2. The molecule has 0 unspecified atom stereocenters. The Balaban J connectivity index is 1.48. The lowest BCUT2D eigenvalue weighted by atomic mass is 9.96. The van der Waals surface area contributed by atoms with Gasteiger partial charge >= 0.3 is 6.03 Å². The zero-order valence-electron chi connectivity index (χ0n) is 14.3. The number of piperazine rings is 1. The molecule has 1 aliphatic heterocycles. The average Bonchev–Trinajstić information content (AvgIpc) is 2.63. The molecule has 1 aromatic carbocycles. The second-order valence-electron chi connectivity index (χ2n) is 6.78. The fraction of sp³-hybridized carbons (Fsp3) is 0.632. The van der Waals surface area contributed by atoms with Crippen LogP contribution in [-0.4, -0.2) is 43.2 Å². The summed E-state index contributed by atoms with van der Waals surface area (Å²) < 4.78 is 0. The summed E-state index contributed by atoms with van der Waals surface area (Å²) >= 11 is 0. The number of amides is 2. The zero-order chi connectivity index (χ0) is 16.1. The Morgan fingerprint density at radius 2 is 1.70 bits per heavy atom. The zero-order valence-corrected chi connectivity index (χ0v) is 14.3. The van der Waals surface area contributed by atoms with Crippen molar-refractivity contribution in [2.45, 2.75) is 51.5 Å². The van der Waals surface area contributed by atoms with Crippen LogP contribution in [0.15, 0.2) is 24.3 Å². The molecule has 2 aliphatic rings. The molecule has 0 aromatic heterocycles. The third-order valence-electron chi connectivity index (χ3n) is 5.21. The molecular weight excluding hydrogens is 286 g/mol. The van der Waals surface area contributed by atoms with Crippen LogP contribution >= 0.6 is 0 Å². The number of hydrogen-bond donors (Lipinski definition) is 1. The number of nitrogens with one attached hydrogen (secondary N) is 1. The fourth-order valence-corrected chi connectivity index (χ4v) is 3.62. The summed E-state index contributed by atoms with van der Waals surface area (Å²) in [5, 5.41) is 3.23. The van der Waals surface area contributed by atoms with Gasteiger partial charge in [0.2, 0.25) is 0 Å². The molecule has 0 atom stereocenters. The second-order valence-corrected chi connectivity index (χ2v) is 6.78. The highest BCUT2D eigenvalue weighted by Crippen LogP contribution is 2.19. The van der Waals surface area contributed by atoms with E-state index >= 15 is 0 Å². The van der Waals surface area contributed by atoms with Gasteiger partial charge in [-0.1, -0.05) is 38.3 Å². The van der Waals surface area contributed by atoms with E-state index in [0.717, 1.165) is 45.4 Å². The van der Waals surface area contributed by atoms with E-state index in [1.807, 2.05) is 4.90 Å². The topological polar surface area (TPSA) is 35.6 Å². The van der Waals surface area contributed by atoms with Gasteiger partial charge in [0.05, 0.1) is 0 Å². The predicted octanol–water partition coefficient (Wildman–Crippen LogP) is 3.41. The molecule has 1 N–H and O–H groups in total.